The fourth-order valence-corrected chi connectivity index (χ4v) is 5.12. The third-order valence-electron chi connectivity index (χ3n) is 6.67. The van der Waals surface area contributed by atoms with Gasteiger partial charge in [-0.2, -0.15) is 0 Å². The van der Waals surface area contributed by atoms with E-state index in [1.54, 1.807) is 7.11 Å². The molecule has 3 heterocycles. The molecule has 3 fully saturated rings. The first-order valence-electron chi connectivity index (χ1n) is 10.6. The van der Waals surface area contributed by atoms with Crippen LogP contribution in [0.4, 0.5) is 0 Å². The van der Waals surface area contributed by atoms with E-state index in [1.165, 1.54) is 0 Å². The van der Waals surface area contributed by atoms with Gasteiger partial charge in [0, 0.05) is 18.6 Å². The average molecular weight is 401 g/mol. The Bertz CT molecular complexity index is 745. The van der Waals surface area contributed by atoms with Gasteiger partial charge in [-0.25, -0.2) is 0 Å². The maximum Gasteiger partial charge on any atom is 0.237 e. The lowest BCUT2D eigenvalue weighted by molar-refractivity contribution is -0.140. The minimum absolute atomic E-state index is 0.0848. The predicted octanol–water partition coefficient (Wildman–Crippen LogP) is 1.11. The second-order valence-corrected chi connectivity index (χ2v) is 8.80. The number of fused-ring (bicyclic) bond motifs is 1. The van der Waals surface area contributed by atoms with Crippen LogP contribution in [0, 0.1) is 5.92 Å². The minimum atomic E-state index is -0.219. The molecule has 4 rings (SSSR count). The Balaban J connectivity index is 1.57. The molecule has 158 valence electrons. The second kappa shape index (κ2) is 8.32. The highest BCUT2D eigenvalue weighted by atomic mass is 16.5. The van der Waals surface area contributed by atoms with Gasteiger partial charge in [-0.15, -0.1) is 0 Å². The average Bonchev–Trinajstić information content (AvgIpc) is 3.09. The summed E-state index contributed by atoms with van der Waals surface area (Å²) < 4.78 is 5.29. The molecule has 3 atom stereocenters. The highest BCUT2D eigenvalue weighted by Crippen LogP contribution is 2.43. The maximum absolute atomic E-state index is 13.3. The number of likely N-dealkylation sites (N-methyl/N-ethyl adjacent to an activating group) is 1. The standard InChI is InChI=1S/C22H32N4O3/c1-24-10-8-16(9-11-24)23-22(28)19-12-17-13-25(2)14-20(27)26(17)21(19)15-4-6-18(29-3)7-5-15/h4-7,16-17,19,21H,8-14H2,1-3H3,(H,23,28)/t17-,19-,21-/m1/s1. The number of benzene rings is 1. The monoisotopic (exact) mass is 400 g/mol. The molecule has 7 nitrogen and oxygen atoms in total. The Kier molecular flexibility index (Phi) is 5.79. The van der Waals surface area contributed by atoms with Crippen molar-refractivity contribution >= 4 is 11.8 Å². The van der Waals surface area contributed by atoms with Crippen LogP contribution in [0.1, 0.15) is 30.9 Å². The zero-order chi connectivity index (χ0) is 20.5. The Morgan fingerprint density at radius 2 is 1.79 bits per heavy atom. The van der Waals surface area contributed by atoms with Crippen LogP contribution in [0.5, 0.6) is 5.75 Å². The van der Waals surface area contributed by atoms with Crippen LogP contribution < -0.4 is 10.1 Å². The normalized spacial score (nSPS) is 29.0. The fraction of sp³-hybridized carbons (Fsp3) is 0.636. The van der Waals surface area contributed by atoms with E-state index in [-0.39, 0.29) is 35.9 Å². The van der Waals surface area contributed by atoms with Gasteiger partial charge in [0.05, 0.1) is 25.6 Å². The van der Waals surface area contributed by atoms with Crippen LogP contribution in [-0.2, 0) is 9.59 Å². The number of amides is 2. The topological polar surface area (TPSA) is 65.1 Å². The summed E-state index contributed by atoms with van der Waals surface area (Å²) in [6, 6.07) is 7.91. The van der Waals surface area contributed by atoms with Gasteiger partial charge >= 0.3 is 0 Å². The number of methoxy groups -OCH3 is 1. The van der Waals surface area contributed by atoms with Crippen molar-refractivity contribution in [1.82, 2.24) is 20.0 Å². The van der Waals surface area contributed by atoms with E-state index < -0.39 is 0 Å². The van der Waals surface area contributed by atoms with Crippen molar-refractivity contribution in [2.24, 2.45) is 5.92 Å². The molecule has 0 unspecified atom stereocenters. The Hall–Kier alpha value is -2.12. The van der Waals surface area contributed by atoms with Gasteiger partial charge in [-0.1, -0.05) is 12.1 Å². The van der Waals surface area contributed by atoms with Crippen LogP contribution in [0.2, 0.25) is 0 Å². The molecule has 1 aromatic carbocycles. The zero-order valence-corrected chi connectivity index (χ0v) is 17.6. The third kappa shape index (κ3) is 4.12. The van der Waals surface area contributed by atoms with E-state index in [9.17, 15) is 9.59 Å². The summed E-state index contributed by atoms with van der Waals surface area (Å²) in [5, 5.41) is 3.30. The third-order valence-corrected chi connectivity index (χ3v) is 6.67. The molecule has 3 aliphatic heterocycles. The predicted molar refractivity (Wildman–Crippen MR) is 111 cm³/mol. The molecule has 29 heavy (non-hydrogen) atoms. The summed E-state index contributed by atoms with van der Waals surface area (Å²) in [4.78, 5) is 32.6. The van der Waals surface area contributed by atoms with Crippen LogP contribution in [-0.4, -0.2) is 86.0 Å². The minimum Gasteiger partial charge on any atom is -0.497 e. The quantitative estimate of drug-likeness (QED) is 0.820. The molecule has 0 radical (unpaired) electrons. The fourth-order valence-electron chi connectivity index (χ4n) is 5.12. The number of hydrogen-bond donors (Lipinski definition) is 1. The van der Waals surface area contributed by atoms with Crippen molar-refractivity contribution in [3.05, 3.63) is 29.8 Å². The van der Waals surface area contributed by atoms with E-state index in [1.807, 2.05) is 36.2 Å². The van der Waals surface area contributed by atoms with Crippen molar-refractivity contribution in [1.29, 1.82) is 0 Å². The zero-order valence-electron chi connectivity index (χ0n) is 17.6. The molecule has 0 aliphatic carbocycles. The summed E-state index contributed by atoms with van der Waals surface area (Å²) in [5.41, 5.74) is 1.01. The van der Waals surface area contributed by atoms with Crippen molar-refractivity contribution in [2.75, 3.05) is 47.4 Å². The molecule has 7 heteroatoms. The number of piperazine rings is 1. The van der Waals surface area contributed by atoms with E-state index >= 15 is 0 Å². The van der Waals surface area contributed by atoms with Crippen LogP contribution in [0.25, 0.3) is 0 Å². The Morgan fingerprint density at radius 3 is 2.45 bits per heavy atom. The van der Waals surface area contributed by atoms with Gasteiger partial charge < -0.3 is 19.9 Å². The number of rotatable bonds is 4. The molecule has 1 N–H and O–H groups in total. The number of nitrogens with zero attached hydrogens (tertiary/aromatic N) is 3. The van der Waals surface area contributed by atoms with Gasteiger partial charge in [0.2, 0.25) is 11.8 Å². The first-order valence-corrected chi connectivity index (χ1v) is 10.6. The maximum atomic E-state index is 13.3. The Labute approximate surface area is 173 Å². The lowest BCUT2D eigenvalue weighted by atomic mass is 9.91. The van der Waals surface area contributed by atoms with Gasteiger partial charge in [0.15, 0.2) is 0 Å². The molecule has 1 aromatic rings. The summed E-state index contributed by atoms with van der Waals surface area (Å²) >= 11 is 0. The van der Waals surface area contributed by atoms with Gasteiger partial charge in [0.25, 0.3) is 0 Å². The molecule has 0 aromatic heterocycles. The van der Waals surface area contributed by atoms with Crippen molar-refractivity contribution < 1.29 is 14.3 Å². The van der Waals surface area contributed by atoms with Gasteiger partial charge in [0.1, 0.15) is 5.75 Å². The molecule has 2 amide bonds. The molecule has 0 spiro atoms. The summed E-state index contributed by atoms with van der Waals surface area (Å²) in [5.74, 6) is 0.758. The largest absolute Gasteiger partial charge is 0.497 e. The lowest BCUT2D eigenvalue weighted by Gasteiger charge is -2.38. The van der Waals surface area contributed by atoms with E-state index in [4.69, 9.17) is 4.74 Å². The molecular weight excluding hydrogens is 368 g/mol. The summed E-state index contributed by atoms with van der Waals surface area (Å²) in [6.07, 6.45) is 2.68. The van der Waals surface area contributed by atoms with Crippen molar-refractivity contribution in [2.45, 2.75) is 37.4 Å². The highest BCUT2D eigenvalue weighted by Gasteiger charge is 2.49. The molecular formula is C22H32N4O3. The Morgan fingerprint density at radius 1 is 1.10 bits per heavy atom. The number of ether oxygens (including phenoxy) is 1. The van der Waals surface area contributed by atoms with Crippen molar-refractivity contribution in [3.63, 3.8) is 0 Å². The number of hydrogen-bond acceptors (Lipinski definition) is 5. The summed E-state index contributed by atoms with van der Waals surface area (Å²) in [7, 11) is 5.74. The molecule has 3 aliphatic rings. The first kappa shape index (κ1) is 20.2. The summed E-state index contributed by atoms with van der Waals surface area (Å²) in [6.45, 7) is 3.24. The number of carbonyl (C=O) groups excluding carboxylic acids is 2. The number of carbonyl (C=O) groups is 2. The van der Waals surface area contributed by atoms with Crippen LogP contribution in [0.15, 0.2) is 24.3 Å². The van der Waals surface area contributed by atoms with Gasteiger partial charge in [-0.3, -0.25) is 14.5 Å². The van der Waals surface area contributed by atoms with E-state index in [0.717, 1.165) is 43.8 Å². The molecule has 0 bridgehead atoms. The first-order chi connectivity index (χ1) is 14.0. The lowest BCUT2D eigenvalue weighted by Crippen LogP contribution is -2.53. The van der Waals surface area contributed by atoms with E-state index in [2.05, 4.69) is 22.2 Å². The number of piperidine rings is 1. The van der Waals surface area contributed by atoms with Crippen LogP contribution >= 0.6 is 0 Å². The smallest absolute Gasteiger partial charge is 0.237 e. The molecule has 0 saturated carbocycles. The number of nitrogens with one attached hydrogen (secondary N) is 1. The van der Waals surface area contributed by atoms with E-state index in [0.29, 0.717) is 13.0 Å². The van der Waals surface area contributed by atoms with Crippen molar-refractivity contribution in [3.8, 4) is 5.75 Å². The number of likely N-dealkylation sites (tertiary alicyclic amines) is 1. The highest BCUT2D eigenvalue weighted by molar-refractivity contribution is 5.85. The SMILES string of the molecule is COc1ccc([C@@H]2[C@H](C(=O)NC3CCN(C)CC3)C[C@@H]3CN(C)CC(=O)N32)cc1. The molecule has 3 saturated heterocycles. The van der Waals surface area contributed by atoms with Crippen LogP contribution in [0.3, 0.4) is 0 Å². The van der Waals surface area contributed by atoms with Gasteiger partial charge in [-0.05, 0) is 64.1 Å². The second-order valence-electron chi connectivity index (χ2n) is 8.80.